The lowest BCUT2D eigenvalue weighted by atomic mass is 9.48. The van der Waals surface area contributed by atoms with Gasteiger partial charge in [0.15, 0.2) is 5.69 Å². The van der Waals surface area contributed by atoms with Gasteiger partial charge in [-0.2, -0.15) is 5.10 Å². The van der Waals surface area contributed by atoms with Crippen LogP contribution in [0.1, 0.15) is 91.1 Å². The second kappa shape index (κ2) is 15.9. The minimum Gasteiger partial charge on any atom is -0.496 e. The first-order valence-corrected chi connectivity index (χ1v) is 19.1. The van der Waals surface area contributed by atoms with Crippen molar-refractivity contribution in [2.45, 2.75) is 70.3 Å². The van der Waals surface area contributed by atoms with Gasteiger partial charge in [-0.3, -0.25) is 9.59 Å². The molecule has 53 heavy (non-hydrogen) atoms. The molecule has 0 aliphatic heterocycles. The number of carbonyl (C=O) groups is 3. The van der Waals surface area contributed by atoms with Gasteiger partial charge in [-0.15, -0.1) is 0 Å². The van der Waals surface area contributed by atoms with Crippen LogP contribution in [0.2, 0.25) is 0 Å². The Kier molecular flexibility index (Phi) is 11.5. The molecule has 4 aliphatic rings. The monoisotopic (exact) mass is 728 g/mol. The summed E-state index contributed by atoms with van der Waals surface area (Å²) in [6, 6.07) is 12.8. The number of carboxylic acids is 1. The maximum absolute atomic E-state index is 14.4. The number of hydrogen-bond acceptors (Lipinski definition) is 8. The third-order valence-corrected chi connectivity index (χ3v) is 11.8. The lowest BCUT2D eigenvalue weighted by Crippen LogP contribution is -2.70. The van der Waals surface area contributed by atoms with Crippen LogP contribution >= 0.6 is 0 Å². The number of rotatable bonds is 16. The number of hydrogen-bond donors (Lipinski definition) is 3. The summed E-state index contributed by atoms with van der Waals surface area (Å²) in [4.78, 5) is 45.5. The number of nitrogens with two attached hydrogens (primary N) is 1. The van der Waals surface area contributed by atoms with E-state index in [0.717, 1.165) is 50.6 Å². The van der Waals surface area contributed by atoms with E-state index in [9.17, 15) is 19.5 Å². The van der Waals surface area contributed by atoms with E-state index < -0.39 is 17.4 Å². The van der Waals surface area contributed by atoms with E-state index in [2.05, 4.69) is 24.1 Å². The average molecular weight is 729 g/mol. The fraction of sp³-hybridized carbons (Fsp3) is 0.561. The fourth-order valence-corrected chi connectivity index (χ4v) is 9.44. The summed E-state index contributed by atoms with van der Waals surface area (Å²) in [7, 11) is 7.19. The van der Waals surface area contributed by atoms with Crippen LogP contribution in [0.4, 0.5) is 0 Å². The number of amides is 2. The van der Waals surface area contributed by atoms with E-state index in [4.69, 9.17) is 20.3 Å². The van der Waals surface area contributed by atoms with Gasteiger partial charge in [0, 0.05) is 18.7 Å². The zero-order valence-corrected chi connectivity index (χ0v) is 32.1. The molecule has 4 fully saturated rings. The lowest BCUT2D eigenvalue weighted by molar-refractivity contribution is -0.163. The van der Waals surface area contributed by atoms with Crippen molar-refractivity contribution < 1.29 is 29.0 Å². The second-order valence-electron chi connectivity index (χ2n) is 15.8. The van der Waals surface area contributed by atoms with E-state index in [0.29, 0.717) is 71.9 Å². The van der Waals surface area contributed by atoms with Gasteiger partial charge >= 0.3 is 5.97 Å². The molecule has 286 valence electrons. The number of nitrogens with one attached hydrogen (secondary N) is 1. The maximum atomic E-state index is 14.4. The molecule has 4 bridgehead atoms. The van der Waals surface area contributed by atoms with Crippen molar-refractivity contribution in [3.05, 3.63) is 59.3 Å². The molecule has 12 nitrogen and oxygen atoms in total. The van der Waals surface area contributed by atoms with Gasteiger partial charge in [-0.25, -0.2) is 9.48 Å². The highest BCUT2D eigenvalue weighted by molar-refractivity contribution is 5.98. The molecular weight excluding hydrogens is 672 g/mol. The molecule has 0 atom stereocenters. The Morgan fingerprint density at radius 1 is 0.943 bits per heavy atom. The number of methoxy groups -OCH3 is 2. The van der Waals surface area contributed by atoms with Crippen LogP contribution in [0.5, 0.6) is 11.5 Å². The van der Waals surface area contributed by atoms with Gasteiger partial charge < -0.3 is 35.4 Å². The number of benzene rings is 2. The Bertz CT molecular complexity index is 1770. The molecule has 4 saturated carbocycles. The first-order chi connectivity index (χ1) is 25.4. The zero-order chi connectivity index (χ0) is 38.0. The summed E-state index contributed by atoms with van der Waals surface area (Å²) < 4.78 is 13.3. The molecular formula is C41H56N6O6. The summed E-state index contributed by atoms with van der Waals surface area (Å²) >= 11 is 0. The standard InChI is InChI=1S/C41H56N6O6/c1-25(2)31-23-28(39(49)46(16-8-14-42)17-9-15-45(3)4)12-13-33(31)47-34(37-35(52-5)10-7-11-36(37)53-6)24-32(44-47)38(48)43-41(40(50)51)29-19-26-18-27(21-29)22-30(41)20-26/h7,10-13,23-27,29-30H,8-9,14-22,42H2,1-6H3,(H,43,48)(H,50,51). The third-order valence-electron chi connectivity index (χ3n) is 11.8. The van der Waals surface area contributed by atoms with Crippen LogP contribution in [0.25, 0.3) is 16.9 Å². The van der Waals surface area contributed by atoms with Gasteiger partial charge in [0.25, 0.3) is 11.8 Å². The molecule has 4 N–H and O–H groups in total. The molecule has 0 spiro atoms. The molecule has 0 unspecified atom stereocenters. The summed E-state index contributed by atoms with van der Waals surface area (Å²) in [6.07, 6.45) is 5.98. The highest BCUT2D eigenvalue weighted by Crippen LogP contribution is 2.58. The SMILES string of the molecule is COc1cccc(OC)c1-c1cc(C(=O)NC2(C(=O)O)C3CC4CC(C3)CC2C4)nn1-c1ccc(C(=O)N(CCCN)CCCN(C)C)cc1C(C)C. The van der Waals surface area contributed by atoms with Crippen LogP contribution in [0, 0.1) is 23.7 Å². The van der Waals surface area contributed by atoms with Crippen LogP contribution in [-0.2, 0) is 4.79 Å². The number of carbonyl (C=O) groups excluding carboxylic acids is 2. The van der Waals surface area contributed by atoms with Crippen LogP contribution in [0.15, 0.2) is 42.5 Å². The second-order valence-corrected chi connectivity index (χ2v) is 15.8. The molecule has 0 saturated heterocycles. The van der Waals surface area contributed by atoms with Gasteiger partial charge in [0.2, 0.25) is 0 Å². The Hall–Kier alpha value is -4.42. The van der Waals surface area contributed by atoms with E-state index in [-0.39, 0.29) is 29.4 Å². The number of nitrogens with zero attached hydrogens (tertiary/aromatic N) is 4. The number of carboxylic acid groups (broad SMARTS) is 1. The summed E-state index contributed by atoms with van der Waals surface area (Å²) in [5.41, 5.74) is 7.83. The Balaban J connectivity index is 1.43. The largest absolute Gasteiger partial charge is 0.496 e. The van der Waals surface area contributed by atoms with Crippen molar-refractivity contribution in [3.63, 3.8) is 0 Å². The van der Waals surface area contributed by atoms with Crippen molar-refractivity contribution in [1.29, 1.82) is 0 Å². The van der Waals surface area contributed by atoms with Gasteiger partial charge in [-0.1, -0.05) is 19.9 Å². The predicted octanol–water partition coefficient (Wildman–Crippen LogP) is 5.43. The average Bonchev–Trinajstić information content (AvgIpc) is 3.58. The minimum absolute atomic E-state index is 0.0267. The highest BCUT2D eigenvalue weighted by atomic mass is 16.5. The Morgan fingerprint density at radius 2 is 1.57 bits per heavy atom. The first-order valence-electron chi connectivity index (χ1n) is 19.1. The lowest BCUT2D eigenvalue weighted by Gasteiger charge is -2.59. The topological polar surface area (TPSA) is 152 Å². The van der Waals surface area contributed by atoms with Crippen LogP contribution < -0.4 is 20.5 Å². The van der Waals surface area contributed by atoms with Crippen molar-refractivity contribution >= 4 is 17.8 Å². The molecule has 4 aliphatic carbocycles. The quantitative estimate of drug-likeness (QED) is 0.175. The number of aromatic nitrogens is 2. The van der Waals surface area contributed by atoms with Gasteiger partial charge in [-0.05, 0) is 144 Å². The van der Waals surface area contributed by atoms with Crippen LogP contribution in [0.3, 0.4) is 0 Å². The van der Waals surface area contributed by atoms with Crippen molar-refractivity contribution in [2.75, 3.05) is 54.5 Å². The smallest absolute Gasteiger partial charge is 0.330 e. The Morgan fingerprint density at radius 3 is 2.11 bits per heavy atom. The highest BCUT2D eigenvalue weighted by Gasteiger charge is 2.62. The van der Waals surface area contributed by atoms with E-state index in [1.807, 2.05) is 55.4 Å². The van der Waals surface area contributed by atoms with Crippen LogP contribution in [-0.4, -0.2) is 103 Å². The van der Waals surface area contributed by atoms with Crippen molar-refractivity contribution in [2.24, 2.45) is 29.4 Å². The van der Waals surface area contributed by atoms with Crippen molar-refractivity contribution in [3.8, 4) is 28.4 Å². The van der Waals surface area contributed by atoms with Gasteiger partial charge in [0.1, 0.15) is 17.0 Å². The van der Waals surface area contributed by atoms with Crippen molar-refractivity contribution in [1.82, 2.24) is 24.9 Å². The van der Waals surface area contributed by atoms with E-state index >= 15 is 0 Å². The molecule has 7 rings (SSSR count). The maximum Gasteiger partial charge on any atom is 0.330 e. The molecule has 1 aromatic heterocycles. The molecule has 0 radical (unpaired) electrons. The predicted molar refractivity (Wildman–Crippen MR) is 204 cm³/mol. The summed E-state index contributed by atoms with van der Waals surface area (Å²) in [5, 5.41) is 18.7. The molecule has 12 heteroatoms. The minimum atomic E-state index is -1.33. The fourth-order valence-electron chi connectivity index (χ4n) is 9.44. The zero-order valence-electron chi connectivity index (χ0n) is 32.1. The number of ether oxygens (including phenoxy) is 2. The molecule has 2 aromatic carbocycles. The van der Waals surface area contributed by atoms with E-state index in [1.165, 1.54) is 0 Å². The first kappa shape index (κ1) is 38.3. The Labute approximate surface area is 313 Å². The molecule has 3 aromatic rings. The summed E-state index contributed by atoms with van der Waals surface area (Å²) in [5.74, 6) is 0.297. The summed E-state index contributed by atoms with van der Waals surface area (Å²) in [6.45, 7) is 6.65. The van der Waals surface area contributed by atoms with Gasteiger partial charge in [0.05, 0.1) is 31.2 Å². The third kappa shape index (κ3) is 7.40. The van der Waals surface area contributed by atoms with E-state index in [1.54, 1.807) is 25.0 Å². The molecule has 2 amide bonds. The molecule has 1 heterocycles. The number of aliphatic carboxylic acids is 1. The normalized spacial score (nSPS) is 23.0.